The van der Waals surface area contributed by atoms with Crippen LogP contribution in [0.3, 0.4) is 0 Å². The van der Waals surface area contributed by atoms with E-state index < -0.39 is 0 Å². The van der Waals surface area contributed by atoms with Gasteiger partial charge in [0.25, 0.3) is 5.91 Å². The molecule has 5 nitrogen and oxygen atoms in total. The maximum Gasteiger partial charge on any atom is 0.270 e. The first-order chi connectivity index (χ1) is 14.5. The van der Waals surface area contributed by atoms with Gasteiger partial charge in [0.15, 0.2) is 0 Å². The molecule has 0 unspecified atom stereocenters. The zero-order valence-electron chi connectivity index (χ0n) is 16.9. The summed E-state index contributed by atoms with van der Waals surface area (Å²) in [6, 6.07) is 15.6. The topological polar surface area (TPSA) is 66.2 Å². The van der Waals surface area contributed by atoms with E-state index in [9.17, 15) is 9.18 Å². The summed E-state index contributed by atoms with van der Waals surface area (Å²) >= 11 is 1.33. The van der Waals surface area contributed by atoms with Gasteiger partial charge in [-0.2, -0.15) is 5.26 Å². The maximum absolute atomic E-state index is 13.3. The number of nitrogens with zero attached hydrogens (tertiary/aromatic N) is 3. The summed E-state index contributed by atoms with van der Waals surface area (Å²) in [5.74, 6) is 0.257. The smallest absolute Gasteiger partial charge is 0.270 e. The van der Waals surface area contributed by atoms with Gasteiger partial charge in [0, 0.05) is 18.7 Å². The third-order valence-corrected chi connectivity index (χ3v) is 5.60. The molecule has 0 bridgehead atoms. The van der Waals surface area contributed by atoms with Crippen molar-refractivity contribution in [3.05, 3.63) is 75.5 Å². The van der Waals surface area contributed by atoms with E-state index in [1.54, 1.807) is 24.0 Å². The van der Waals surface area contributed by atoms with Gasteiger partial charge in [-0.15, -0.1) is 11.3 Å². The summed E-state index contributed by atoms with van der Waals surface area (Å²) in [6.07, 6.45) is 0.750. The number of aromatic nitrogens is 1. The molecule has 0 radical (unpaired) electrons. The average molecular weight is 424 g/mol. The lowest BCUT2D eigenvalue weighted by Crippen LogP contribution is -2.31. The van der Waals surface area contributed by atoms with Crippen LogP contribution in [-0.2, 0) is 6.42 Å². The summed E-state index contributed by atoms with van der Waals surface area (Å²) in [7, 11) is 0. The van der Waals surface area contributed by atoms with Crippen LogP contribution in [0.2, 0.25) is 0 Å². The Labute approximate surface area is 179 Å². The zero-order chi connectivity index (χ0) is 21.5. The van der Waals surface area contributed by atoms with Crippen LogP contribution in [0.4, 0.5) is 10.1 Å². The molecule has 1 aromatic heterocycles. The Kier molecular flexibility index (Phi) is 7.15. The van der Waals surface area contributed by atoms with Crippen LogP contribution in [0.25, 0.3) is 0 Å². The quantitative estimate of drug-likeness (QED) is 0.503. The monoisotopic (exact) mass is 423 g/mol. The molecular weight excluding hydrogens is 401 g/mol. The van der Waals surface area contributed by atoms with E-state index >= 15 is 0 Å². The molecule has 30 heavy (non-hydrogen) atoms. The molecule has 154 valence electrons. The number of aryl methyl sites for hydroxylation is 1. The molecule has 3 aromatic rings. The Bertz CT molecular complexity index is 1040. The van der Waals surface area contributed by atoms with Crippen molar-refractivity contribution in [1.29, 1.82) is 5.26 Å². The number of rotatable bonds is 8. The Morgan fingerprint density at radius 1 is 1.20 bits per heavy atom. The second-order valence-electron chi connectivity index (χ2n) is 6.62. The summed E-state index contributed by atoms with van der Waals surface area (Å²) in [5, 5.41) is 9.81. The number of amides is 1. The molecule has 0 saturated carbocycles. The van der Waals surface area contributed by atoms with Crippen LogP contribution in [0, 0.1) is 24.1 Å². The Morgan fingerprint density at radius 3 is 2.53 bits per heavy atom. The van der Waals surface area contributed by atoms with Crippen molar-refractivity contribution >= 4 is 22.9 Å². The highest BCUT2D eigenvalue weighted by Gasteiger charge is 2.23. The molecule has 1 amide bonds. The number of ether oxygens (including phenoxy) is 1. The van der Waals surface area contributed by atoms with Crippen LogP contribution in [0.5, 0.6) is 5.75 Å². The van der Waals surface area contributed by atoms with E-state index in [4.69, 9.17) is 10.00 Å². The van der Waals surface area contributed by atoms with Gasteiger partial charge < -0.3 is 9.64 Å². The summed E-state index contributed by atoms with van der Waals surface area (Å²) in [6.45, 7) is 4.56. The van der Waals surface area contributed by atoms with Crippen LogP contribution in [-0.4, -0.2) is 24.0 Å². The van der Waals surface area contributed by atoms with E-state index in [2.05, 4.69) is 11.1 Å². The zero-order valence-corrected chi connectivity index (χ0v) is 17.7. The van der Waals surface area contributed by atoms with E-state index in [-0.39, 0.29) is 24.7 Å². The van der Waals surface area contributed by atoms with Gasteiger partial charge in [0.1, 0.15) is 16.4 Å². The standard InChI is InChI=1S/C23H22FN3O2S/c1-3-29-20-11-9-19(10-12-20)27(14-4-13-25)23(28)22-16(2)26-21(30-22)15-17-5-7-18(24)8-6-17/h5-12H,3-4,14-15H2,1-2H3. The highest BCUT2D eigenvalue weighted by atomic mass is 32.1. The Balaban J connectivity index is 1.84. The average Bonchev–Trinajstić information content (AvgIpc) is 3.11. The molecular formula is C23H22FN3O2S. The number of benzene rings is 2. The minimum absolute atomic E-state index is 0.185. The van der Waals surface area contributed by atoms with Crippen LogP contribution in [0.1, 0.15) is 39.3 Å². The van der Waals surface area contributed by atoms with Gasteiger partial charge in [-0.25, -0.2) is 9.37 Å². The van der Waals surface area contributed by atoms with Crippen molar-refractivity contribution in [2.75, 3.05) is 18.1 Å². The molecule has 0 aliphatic carbocycles. The van der Waals surface area contributed by atoms with Gasteiger partial charge in [0.2, 0.25) is 0 Å². The lowest BCUT2D eigenvalue weighted by Gasteiger charge is -2.21. The number of nitriles is 1. The lowest BCUT2D eigenvalue weighted by atomic mass is 10.1. The fourth-order valence-corrected chi connectivity index (χ4v) is 4.07. The summed E-state index contributed by atoms with van der Waals surface area (Å²) in [5.41, 5.74) is 2.28. The third kappa shape index (κ3) is 5.22. The van der Waals surface area contributed by atoms with Crippen molar-refractivity contribution in [1.82, 2.24) is 4.98 Å². The molecule has 2 aromatic carbocycles. The second-order valence-corrected chi connectivity index (χ2v) is 7.70. The van der Waals surface area contributed by atoms with Gasteiger partial charge in [-0.3, -0.25) is 4.79 Å². The van der Waals surface area contributed by atoms with Gasteiger partial charge in [-0.05, 0) is 55.8 Å². The fourth-order valence-electron chi connectivity index (χ4n) is 3.02. The minimum atomic E-state index is -0.284. The van der Waals surface area contributed by atoms with Crippen LogP contribution < -0.4 is 9.64 Å². The number of anilines is 1. The molecule has 0 spiro atoms. The van der Waals surface area contributed by atoms with E-state index in [1.165, 1.54) is 23.5 Å². The Hall–Kier alpha value is -3.24. The molecule has 0 fully saturated rings. The van der Waals surface area contributed by atoms with Crippen molar-refractivity contribution in [2.45, 2.75) is 26.7 Å². The number of carbonyl (C=O) groups is 1. The fraction of sp³-hybridized carbons (Fsp3) is 0.261. The van der Waals surface area contributed by atoms with Crippen molar-refractivity contribution in [3.63, 3.8) is 0 Å². The van der Waals surface area contributed by atoms with Crippen molar-refractivity contribution in [2.24, 2.45) is 0 Å². The molecule has 7 heteroatoms. The highest BCUT2D eigenvalue weighted by molar-refractivity contribution is 7.14. The number of carbonyl (C=O) groups excluding carboxylic acids is 1. The molecule has 1 heterocycles. The van der Waals surface area contributed by atoms with Crippen molar-refractivity contribution < 1.29 is 13.9 Å². The second kappa shape index (κ2) is 9.99. The molecule has 3 rings (SSSR count). The van der Waals surface area contributed by atoms with E-state index in [1.807, 2.05) is 31.2 Å². The molecule has 0 atom stereocenters. The predicted molar refractivity (Wildman–Crippen MR) is 116 cm³/mol. The van der Waals surface area contributed by atoms with Crippen LogP contribution in [0.15, 0.2) is 48.5 Å². The van der Waals surface area contributed by atoms with Gasteiger partial charge in [-0.1, -0.05) is 12.1 Å². The molecule has 0 aliphatic heterocycles. The third-order valence-electron chi connectivity index (χ3n) is 4.46. The lowest BCUT2D eigenvalue weighted by molar-refractivity contribution is 0.0990. The Morgan fingerprint density at radius 2 is 1.90 bits per heavy atom. The SMILES string of the molecule is CCOc1ccc(N(CCC#N)C(=O)c2sc(Cc3ccc(F)cc3)nc2C)cc1. The normalized spacial score (nSPS) is 10.5. The predicted octanol–water partition coefficient (Wildman–Crippen LogP) is 5.14. The first-order valence-corrected chi connectivity index (χ1v) is 10.5. The van der Waals surface area contributed by atoms with Crippen molar-refractivity contribution in [3.8, 4) is 11.8 Å². The number of hydrogen-bond donors (Lipinski definition) is 0. The highest BCUT2D eigenvalue weighted by Crippen LogP contribution is 2.27. The first-order valence-electron chi connectivity index (χ1n) is 9.64. The first kappa shape index (κ1) is 21.5. The summed E-state index contributed by atoms with van der Waals surface area (Å²) in [4.78, 5) is 20.0. The maximum atomic E-state index is 13.3. The summed E-state index contributed by atoms with van der Waals surface area (Å²) < 4.78 is 18.6. The van der Waals surface area contributed by atoms with E-state index in [0.29, 0.717) is 29.3 Å². The molecule has 0 saturated heterocycles. The number of hydrogen-bond acceptors (Lipinski definition) is 5. The number of thiazole rings is 1. The molecule has 0 N–H and O–H groups in total. The van der Waals surface area contributed by atoms with Gasteiger partial charge >= 0.3 is 0 Å². The van der Waals surface area contributed by atoms with E-state index in [0.717, 1.165) is 16.3 Å². The molecule has 0 aliphatic rings. The minimum Gasteiger partial charge on any atom is -0.494 e. The van der Waals surface area contributed by atoms with Gasteiger partial charge in [0.05, 0.1) is 29.8 Å². The largest absolute Gasteiger partial charge is 0.494 e. The van der Waals surface area contributed by atoms with Crippen LogP contribution >= 0.6 is 11.3 Å². The number of halogens is 1.